The Bertz CT molecular complexity index is 374. The fourth-order valence-electron chi connectivity index (χ4n) is 0.886. The summed E-state index contributed by atoms with van der Waals surface area (Å²) in [7, 11) is 0. The fourth-order valence-corrected chi connectivity index (χ4v) is 1.02. The highest BCUT2D eigenvalue weighted by Crippen LogP contribution is 2.18. The maximum atomic E-state index is 11.1. The van der Waals surface area contributed by atoms with Crippen LogP contribution in [0.5, 0.6) is 0 Å². The van der Waals surface area contributed by atoms with E-state index in [1.54, 1.807) is 0 Å². The first-order valence-corrected chi connectivity index (χ1v) is 4.55. The molecule has 1 rings (SSSR count). The molecule has 1 heterocycles. The largest absolute Gasteiger partial charge is 0.376 e. The zero-order chi connectivity index (χ0) is 10.8. The minimum atomic E-state index is -0.413. The average Bonchev–Trinajstić information content (AvgIpc) is 2.13. The van der Waals surface area contributed by atoms with Gasteiger partial charge in [0, 0.05) is 12.1 Å². The van der Waals surface area contributed by atoms with Crippen molar-refractivity contribution in [2.75, 3.05) is 11.9 Å². The van der Waals surface area contributed by atoms with E-state index >= 15 is 0 Å². The van der Waals surface area contributed by atoms with Crippen LogP contribution in [-0.2, 0) is 0 Å². The molecule has 5 nitrogen and oxygen atoms in total. The summed E-state index contributed by atoms with van der Waals surface area (Å²) >= 11 is 5.77. The molecule has 14 heavy (non-hydrogen) atoms. The first-order chi connectivity index (χ1) is 6.46. The lowest BCUT2D eigenvalue weighted by atomic mass is 10.1. The zero-order valence-corrected chi connectivity index (χ0v) is 8.85. The minimum Gasteiger partial charge on any atom is -0.376 e. The Balaban J connectivity index is 2.98. The van der Waals surface area contributed by atoms with Gasteiger partial charge in [-0.3, -0.25) is 4.79 Å². The first kappa shape index (κ1) is 11.0. The molecule has 0 aromatic carbocycles. The van der Waals surface area contributed by atoms with Gasteiger partial charge in [0.25, 0.3) is 5.56 Å². The Hall–Kier alpha value is -1.07. The molecule has 0 aliphatic rings. The van der Waals surface area contributed by atoms with Gasteiger partial charge in [-0.1, -0.05) is 11.6 Å². The number of nitrogens with two attached hydrogens (primary N) is 1. The molecular formula is C8H13ClN4O. The van der Waals surface area contributed by atoms with Crippen molar-refractivity contribution in [1.29, 1.82) is 0 Å². The molecule has 1 aromatic rings. The number of halogens is 1. The predicted molar refractivity (Wildman–Crippen MR) is 56.6 cm³/mol. The number of H-pyrrole nitrogens is 1. The molecule has 0 atom stereocenters. The molecule has 1 aromatic heterocycles. The summed E-state index contributed by atoms with van der Waals surface area (Å²) in [5.41, 5.74) is 5.29. The second-order valence-electron chi connectivity index (χ2n) is 3.64. The Morgan fingerprint density at radius 3 is 2.93 bits per heavy atom. The van der Waals surface area contributed by atoms with Crippen LogP contribution in [-0.4, -0.2) is 22.3 Å². The van der Waals surface area contributed by atoms with E-state index in [2.05, 4.69) is 15.5 Å². The molecule has 0 saturated carbocycles. The number of hydrogen-bond acceptors (Lipinski definition) is 4. The number of aromatic nitrogens is 2. The van der Waals surface area contributed by atoms with Gasteiger partial charge in [-0.25, -0.2) is 5.10 Å². The summed E-state index contributed by atoms with van der Waals surface area (Å²) in [5, 5.41) is 9.01. The number of anilines is 1. The lowest BCUT2D eigenvalue weighted by Crippen LogP contribution is -2.39. The van der Waals surface area contributed by atoms with Gasteiger partial charge in [-0.05, 0) is 13.8 Å². The van der Waals surface area contributed by atoms with E-state index in [0.29, 0.717) is 12.2 Å². The van der Waals surface area contributed by atoms with Crippen LogP contribution in [0, 0.1) is 0 Å². The van der Waals surface area contributed by atoms with Gasteiger partial charge < -0.3 is 11.1 Å². The molecule has 0 spiro atoms. The van der Waals surface area contributed by atoms with Crippen molar-refractivity contribution in [3.8, 4) is 0 Å². The van der Waals surface area contributed by atoms with Gasteiger partial charge in [0.05, 0.1) is 11.9 Å². The molecule has 78 valence electrons. The highest BCUT2D eigenvalue weighted by Gasteiger charge is 2.17. The molecule has 0 fully saturated rings. The molecule has 4 N–H and O–H groups in total. The van der Waals surface area contributed by atoms with E-state index in [1.807, 2.05) is 13.8 Å². The summed E-state index contributed by atoms with van der Waals surface area (Å²) in [6.07, 6.45) is 1.46. The summed E-state index contributed by atoms with van der Waals surface area (Å²) in [5.74, 6) is 0. The Kier molecular flexibility index (Phi) is 3.13. The predicted octanol–water partition coefficient (Wildman–Crippen LogP) is 0.573. The molecule has 0 radical (unpaired) electrons. The van der Waals surface area contributed by atoms with E-state index in [-0.39, 0.29) is 10.6 Å². The zero-order valence-electron chi connectivity index (χ0n) is 8.10. The van der Waals surface area contributed by atoms with Gasteiger partial charge in [0.2, 0.25) is 0 Å². The monoisotopic (exact) mass is 216 g/mol. The van der Waals surface area contributed by atoms with Gasteiger partial charge in [-0.15, -0.1) is 0 Å². The van der Waals surface area contributed by atoms with Crippen LogP contribution in [0.4, 0.5) is 5.69 Å². The van der Waals surface area contributed by atoms with Crippen molar-refractivity contribution in [2.24, 2.45) is 5.73 Å². The van der Waals surface area contributed by atoms with Crippen LogP contribution in [0.2, 0.25) is 5.02 Å². The van der Waals surface area contributed by atoms with Gasteiger partial charge >= 0.3 is 0 Å². The van der Waals surface area contributed by atoms with Gasteiger partial charge in [0.15, 0.2) is 0 Å². The van der Waals surface area contributed by atoms with E-state index in [4.69, 9.17) is 17.3 Å². The normalized spacial score (nSPS) is 11.4. The van der Waals surface area contributed by atoms with Crippen LogP contribution in [0.15, 0.2) is 11.0 Å². The standard InChI is InChI=1S/C8H13ClN4O/c1-8(2,4-10)12-5-3-11-13-7(14)6(5)9/h3H,4,10H2,1-2H3,(H2,12,13,14). The van der Waals surface area contributed by atoms with Crippen LogP contribution in [0.1, 0.15) is 13.8 Å². The van der Waals surface area contributed by atoms with Crippen molar-refractivity contribution in [3.05, 3.63) is 21.6 Å². The Labute approximate surface area is 86.7 Å². The lowest BCUT2D eigenvalue weighted by Gasteiger charge is -2.25. The van der Waals surface area contributed by atoms with Crippen LogP contribution < -0.4 is 16.6 Å². The van der Waals surface area contributed by atoms with Crippen LogP contribution >= 0.6 is 11.6 Å². The molecule has 0 unspecified atom stereocenters. The number of aromatic amines is 1. The highest BCUT2D eigenvalue weighted by atomic mass is 35.5. The van der Waals surface area contributed by atoms with Crippen molar-refractivity contribution in [1.82, 2.24) is 10.2 Å². The number of nitrogens with zero attached hydrogens (tertiary/aromatic N) is 1. The third-order valence-corrected chi connectivity index (χ3v) is 2.15. The third-order valence-electron chi connectivity index (χ3n) is 1.78. The summed E-state index contributed by atoms with van der Waals surface area (Å²) in [6.45, 7) is 4.24. The summed E-state index contributed by atoms with van der Waals surface area (Å²) in [4.78, 5) is 11.1. The molecule has 0 amide bonds. The van der Waals surface area contributed by atoms with Crippen molar-refractivity contribution >= 4 is 17.3 Å². The fraction of sp³-hybridized carbons (Fsp3) is 0.500. The highest BCUT2D eigenvalue weighted by molar-refractivity contribution is 6.32. The lowest BCUT2D eigenvalue weighted by molar-refractivity contribution is 0.579. The van der Waals surface area contributed by atoms with E-state index < -0.39 is 5.56 Å². The molecule has 6 heteroatoms. The molecule has 0 aliphatic heterocycles. The molecular weight excluding hydrogens is 204 g/mol. The van der Waals surface area contributed by atoms with E-state index in [0.717, 1.165) is 0 Å². The summed E-state index contributed by atoms with van der Waals surface area (Å²) < 4.78 is 0. The molecule has 0 bridgehead atoms. The number of rotatable bonds is 3. The minimum absolute atomic E-state index is 0.0986. The van der Waals surface area contributed by atoms with Crippen molar-refractivity contribution in [3.63, 3.8) is 0 Å². The Morgan fingerprint density at radius 2 is 2.36 bits per heavy atom. The second kappa shape index (κ2) is 3.98. The van der Waals surface area contributed by atoms with E-state index in [1.165, 1.54) is 6.20 Å². The maximum Gasteiger partial charge on any atom is 0.285 e. The Morgan fingerprint density at radius 1 is 1.71 bits per heavy atom. The molecule has 0 aliphatic carbocycles. The number of hydrogen-bond donors (Lipinski definition) is 3. The SMILES string of the molecule is CC(C)(CN)Nc1cn[nH]c(=O)c1Cl. The smallest absolute Gasteiger partial charge is 0.285 e. The third kappa shape index (κ3) is 2.46. The topological polar surface area (TPSA) is 83.8 Å². The van der Waals surface area contributed by atoms with Crippen LogP contribution in [0.3, 0.4) is 0 Å². The second-order valence-corrected chi connectivity index (χ2v) is 4.02. The number of nitrogens with one attached hydrogen (secondary N) is 2. The average molecular weight is 217 g/mol. The van der Waals surface area contributed by atoms with Gasteiger partial charge in [0.1, 0.15) is 5.02 Å². The summed E-state index contributed by atoms with van der Waals surface area (Å²) in [6, 6.07) is 0. The molecule has 0 saturated heterocycles. The quantitative estimate of drug-likeness (QED) is 0.690. The maximum absolute atomic E-state index is 11.1. The van der Waals surface area contributed by atoms with Crippen molar-refractivity contribution < 1.29 is 0 Å². The van der Waals surface area contributed by atoms with Crippen molar-refractivity contribution in [2.45, 2.75) is 19.4 Å². The van der Waals surface area contributed by atoms with E-state index in [9.17, 15) is 4.79 Å². The van der Waals surface area contributed by atoms with Crippen LogP contribution in [0.25, 0.3) is 0 Å². The first-order valence-electron chi connectivity index (χ1n) is 4.18. The van der Waals surface area contributed by atoms with Gasteiger partial charge in [-0.2, -0.15) is 5.10 Å².